The molecule has 1 aromatic carbocycles. The molecule has 1 saturated heterocycles. The van der Waals surface area contributed by atoms with Crippen molar-refractivity contribution in [2.75, 3.05) is 31.6 Å². The molecule has 0 saturated carbocycles. The fraction of sp³-hybridized carbons (Fsp3) is 0.625. The van der Waals surface area contributed by atoms with E-state index in [1.807, 2.05) is 24.3 Å². The number of likely N-dealkylation sites (tertiary alicyclic amines) is 1. The predicted molar refractivity (Wildman–Crippen MR) is 85.5 cm³/mol. The van der Waals surface area contributed by atoms with E-state index in [1.165, 1.54) is 6.42 Å². The molecule has 0 amide bonds. The Bertz CT molecular complexity index is 409. The van der Waals surface area contributed by atoms with Gasteiger partial charge in [-0.3, -0.25) is 0 Å². The van der Waals surface area contributed by atoms with Crippen molar-refractivity contribution in [3.63, 3.8) is 0 Å². The van der Waals surface area contributed by atoms with Crippen molar-refractivity contribution < 1.29 is 5.11 Å². The van der Waals surface area contributed by atoms with Crippen LogP contribution in [0.3, 0.4) is 0 Å². The lowest BCUT2D eigenvalue weighted by Crippen LogP contribution is -2.43. The van der Waals surface area contributed by atoms with E-state index in [2.05, 4.69) is 17.1 Å². The van der Waals surface area contributed by atoms with Gasteiger partial charge in [0.25, 0.3) is 0 Å². The van der Waals surface area contributed by atoms with Crippen LogP contribution in [0.1, 0.15) is 32.6 Å². The Morgan fingerprint density at radius 3 is 2.65 bits per heavy atom. The average molecular weight is 297 g/mol. The molecular formula is C16H25ClN2O. The van der Waals surface area contributed by atoms with E-state index in [1.54, 1.807) is 0 Å². The Morgan fingerprint density at radius 1 is 1.25 bits per heavy atom. The molecule has 112 valence electrons. The van der Waals surface area contributed by atoms with Gasteiger partial charge in [-0.25, -0.2) is 0 Å². The third-order valence-corrected chi connectivity index (χ3v) is 4.38. The summed E-state index contributed by atoms with van der Waals surface area (Å²) in [5, 5.41) is 14.2. The van der Waals surface area contributed by atoms with Crippen molar-refractivity contribution in [3.8, 4) is 0 Å². The number of anilines is 1. The second-order valence-electron chi connectivity index (χ2n) is 5.77. The molecule has 2 N–H and O–H groups in total. The maximum Gasteiger partial charge on any atom is 0.0662 e. The molecular weight excluding hydrogens is 272 g/mol. The average Bonchev–Trinajstić information content (AvgIpc) is 2.66. The van der Waals surface area contributed by atoms with Gasteiger partial charge in [-0.05, 0) is 63.0 Å². The summed E-state index contributed by atoms with van der Waals surface area (Å²) in [6.45, 7) is 5.74. The molecule has 0 radical (unpaired) electrons. The van der Waals surface area contributed by atoms with E-state index < -0.39 is 0 Å². The van der Waals surface area contributed by atoms with Crippen molar-refractivity contribution in [3.05, 3.63) is 29.3 Å². The summed E-state index contributed by atoms with van der Waals surface area (Å²) in [5.41, 5.74) is 0.837. The molecule has 1 fully saturated rings. The molecule has 4 heteroatoms. The maximum atomic E-state index is 9.89. The summed E-state index contributed by atoms with van der Waals surface area (Å²) < 4.78 is 0. The molecule has 1 aliphatic rings. The Labute approximate surface area is 126 Å². The van der Waals surface area contributed by atoms with Gasteiger partial charge in [-0.15, -0.1) is 0 Å². The number of aliphatic hydroxyl groups excluding tert-OH is 1. The fourth-order valence-corrected chi connectivity index (χ4v) is 3.08. The molecule has 0 bridgehead atoms. The van der Waals surface area contributed by atoms with Gasteiger partial charge >= 0.3 is 0 Å². The van der Waals surface area contributed by atoms with E-state index in [-0.39, 0.29) is 12.1 Å². The third kappa shape index (κ3) is 4.11. The highest BCUT2D eigenvalue weighted by atomic mass is 35.5. The number of nitrogens with zero attached hydrogens (tertiary/aromatic N) is 1. The van der Waals surface area contributed by atoms with Crippen molar-refractivity contribution in [2.45, 2.75) is 38.1 Å². The highest BCUT2D eigenvalue weighted by Gasteiger charge is 2.31. The first-order valence-electron chi connectivity index (χ1n) is 7.54. The molecule has 1 aromatic rings. The van der Waals surface area contributed by atoms with E-state index >= 15 is 0 Å². The predicted octanol–water partition coefficient (Wildman–Crippen LogP) is 3.38. The Hall–Kier alpha value is -0.770. The lowest BCUT2D eigenvalue weighted by atomic mass is 9.91. The van der Waals surface area contributed by atoms with E-state index in [4.69, 9.17) is 11.6 Å². The Morgan fingerprint density at radius 2 is 2.00 bits per heavy atom. The van der Waals surface area contributed by atoms with Gasteiger partial charge in [0.15, 0.2) is 0 Å². The first kappa shape index (κ1) is 15.6. The van der Waals surface area contributed by atoms with E-state index in [0.717, 1.165) is 49.6 Å². The summed E-state index contributed by atoms with van der Waals surface area (Å²) in [5.74, 6) is 0. The van der Waals surface area contributed by atoms with Gasteiger partial charge in [0.1, 0.15) is 0 Å². The molecule has 1 heterocycles. The number of benzene rings is 1. The second kappa shape index (κ2) is 7.30. The number of halogens is 1. The molecule has 1 atom stereocenters. The molecule has 20 heavy (non-hydrogen) atoms. The van der Waals surface area contributed by atoms with Crippen molar-refractivity contribution in [2.24, 2.45) is 0 Å². The van der Waals surface area contributed by atoms with Crippen molar-refractivity contribution in [1.29, 1.82) is 0 Å². The quantitative estimate of drug-likeness (QED) is 0.874. The first-order valence-corrected chi connectivity index (χ1v) is 7.92. The summed E-state index contributed by atoms with van der Waals surface area (Å²) in [7, 11) is 0. The minimum Gasteiger partial charge on any atom is -0.394 e. The third-order valence-electron chi connectivity index (χ3n) is 4.13. The zero-order chi connectivity index (χ0) is 14.4. The highest BCUT2D eigenvalue weighted by molar-refractivity contribution is 6.30. The number of aliphatic hydroxyl groups is 1. The second-order valence-corrected chi connectivity index (χ2v) is 6.20. The number of rotatable bonds is 5. The highest BCUT2D eigenvalue weighted by Crippen LogP contribution is 2.27. The Balaban J connectivity index is 2.03. The van der Waals surface area contributed by atoms with Crippen LogP contribution >= 0.6 is 11.6 Å². The molecule has 2 rings (SSSR count). The minimum absolute atomic E-state index is 0.176. The largest absolute Gasteiger partial charge is 0.394 e. The van der Waals surface area contributed by atoms with E-state index in [9.17, 15) is 5.11 Å². The smallest absolute Gasteiger partial charge is 0.0662 e. The van der Waals surface area contributed by atoms with Crippen LogP contribution in [-0.4, -0.2) is 41.8 Å². The number of hydrogen-bond donors (Lipinski definition) is 2. The summed E-state index contributed by atoms with van der Waals surface area (Å²) in [6, 6.07) is 7.73. The van der Waals surface area contributed by atoms with Crippen LogP contribution in [0.2, 0.25) is 5.02 Å². The SMILES string of the molecule is CCCN1CCCC(CO)(Nc2ccc(Cl)cc2)CC1. The van der Waals surface area contributed by atoms with Crippen LogP contribution < -0.4 is 5.32 Å². The molecule has 0 aliphatic carbocycles. The van der Waals surface area contributed by atoms with Crippen LogP contribution in [0.4, 0.5) is 5.69 Å². The summed E-state index contributed by atoms with van der Waals surface area (Å²) in [6.07, 6.45) is 4.30. The van der Waals surface area contributed by atoms with Crippen molar-refractivity contribution >= 4 is 17.3 Å². The summed E-state index contributed by atoms with van der Waals surface area (Å²) >= 11 is 5.92. The van der Waals surface area contributed by atoms with Crippen LogP contribution in [0.15, 0.2) is 24.3 Å². The molecule has 0 spiro atoms. The van der Waals surface area contributed by atoms with Gasteiger partial charge < -0.3 is 15.3 Å². The maximum absolute atomic E-state index is 9.89. The van der Waals surface area contributed by atoms with Crippen LogP contribution in [0.25, 0.3) is 0 Å². The minimum atomic E-state index is -0.198. The van der Waals surface area contributed by atoms with Gasteiger partial charge in [0.2, 0.25) is 0 Å². The van der Waals surface area contributed by atoms with Gasteiger partial charge in [-0.1, -0.05) is 18.5 Å². The number of hydrogen-bond acceptors (Lipinski definition) is 3. The lowest BCUT2D eigenvalue weighted by Gasteiger charge is -2.33. The Kier molecular flexibility index (Phi) is 5.70. The topological polar surface area (TPSA) is 35.5 Å². The first-order chi connectivity index (χ1) is 9.67. The van der Waals surface area contributed by atoms with Crippen LogP contribution in [0.5, 0.6) is 0 Å². The van der Waals surface area contributed by atoms with Crippen LogP contribution in [0, 0.1) is 0 Å². The molecule has 1 aliphatic heterocycles. The van der Waals surface area contributed by atoms with Gasteiger partial charge in [0.05, 0.1) is 12.1 Å². The molecule has 0 aromatic heterocycles. The molecule has 3 nitrogen and oxygen atoms in total. The lowest BCUT2D eigenvalue weighted by molar-refractivity contribution is 0.192. The normalized spacial score (nSPS) is 24.4. The van der Waals surface area contributed by atoms with Crippen molar-refractivity contribution in [1.82, 2.24) is 4.90 Å². The zero-order valence-electron chi connectivity index (χ0n) is 12.2. The van der Waals surface area contributed by atoms with Gasteiger partial charge in [0, 0.05) is 17.3 Å². The fourth-order valence-electron chi connectivity index (χ4n) is 2.95. The standard InChI is InChI=1S/C16H25ClN2O/c1-2-10-19-11-3-8-16(13-20,9-12-19)18-15-6-4-14(17)5-7-15/h4-7,18,20H,2-3,8-13H2,1H3. The molecule has 1 unspecified atom stereocenters. The van der Waals surface area contributed by atoms with Gasteiger partial charge in [-0.2, -0.15) is 0 Å². The number of nitrogens with one attached hydrogen (secondary N) is 1. The summed E-state index contributed by atoms with van der Waals surface area (Å²) in [4.78, 5) is 2.50. The monoisotopic (exact) mass is 296 g/mol. The van der Waals surface area contributed by atoms with E-state index in [0.29, 0.717) is 0 Å². The van der Waals surface area contributed by atoms with Crippen LogP contribution in [-0.2, 0) is 0 Å². The zero-order valence-corrected chi connectivity index (χ0v) is 13.0.